The molecule has 0 heterocycles. The molecule has 1 amide bonds. The second-order valence-electron chi connectivity index (χ2n) is 3.67. The monoisotopic (exact) mass is 287 g/mol. The third-order valence-electron chi connectivity index (χ3n) is 2.08. The fourth-order valence-electron chi connectivity index (χ4n) is 1.36. The van der Waals surface area contributed by atoms with E-state index in [2.05, 4.69) is 15.9 Å². The SMILES string of the molecule is CC(Br)CN(C)C(=O)c1cc(O)ccc1O. The normalized spacial score (nSPS) is 12.2. The molecule has 0 aromatic heterocycles. The van der Waals surface area contributed by atoms with Crippen LogP contribution in [0.5, 0.6) is 11.5 Å². The van der Waals surface area contributed by atoms with Crippen LogP contribution in [0.3, 0.4) is 0 Å². The van der Waals surface area contributed by atoms with E-state index in [1.54, 1.807) is 7.05 Å². The van der Waals surface area contributed by atoms with E-state index in [9.17, 15) is 15.0 Å². The molecule has 4 nitrogen and oxygen atoms in total. The highest BCUT2D eigenvalue weighted by atomic mass is 79.9. The molecule has 2 N–H and O–H groups in total. The zero-order valence-electron chi connectivity index (χ0n) is 9.14. The summed E-state index contributed by atoms with van der Waals surface area (Å²) in [4.78, 5) is 13.5. The molecule has 0 aliphatic heterocycles. The van der Waals surface area contributed by atoms with Crippen LogP contribution in [-0.2, 0) is 0 Å². The van der Waals surface area contributed by atoms with Crippen molar-refractivity contribution in [1.82, 2.24) is 4.90 Å². The quantitative estimate of drug-likeness (QED) is 0.660. The van der Waals surface area contributed by atoms with Gasteiger partial charge in [0.25, 0.3) is 5.91 Å². The summed E-state index contributed by atoms with van der Waals surface area (Å²) in [6.45, 7) is 2.44. The minimum atomic E-state index is -0.320. The Morgan fingerprint density at radius 1 is 1.50 bits per heavy atom. The van der Waals surface area contributed by atoms with E-state index in [1.807, 2.05) is 6.92 Å². The molecule has 88 valence electrons. The summed E-state index contributed by atoms with van der Waals surface area (Å²) in [5, 5.41) is 18.8. The minimum absolute atomic E-state index is 0.0403. The molecule has 1 aromatic carbocycles. The van der Waals surface area contributed by atoms with Crippen molar-refractivity contribution >= 4 is 21.8 Å². The number of nitrogens with zero attached hydrogens (tertiary/aromatic N) is 1. The van der Waals surface area contributed by atoms with Gasteiger partial charge in [-0.25, -0.2) is 0 Å². The maximum Gasteiger partial charge on any atom is 0.257 e. The highest BCUT2D eigenvalue weighted by Gasteiger charge is 2.17. The number of carbonyl (C=O) groups is 1. The van der Waals surface area contributed by atoms with Gasteiger partial charge in [-0.05, 0) is 18.2 Å². The summed E-state index contributed by atoms with van der Waals surface area (Å²) in [6.07, 6.45) is 0. The average Bonchev–Trinajstić information content (AvgIpc) is 2.19. The largest absolute Gasteiger partial charge is 0.508 e. The second-order valence-corrected chi connectivity index (χ2v) is 5.23. The molecule has 5 heteroatoms. The first-order valence-corrected chi connectivity index (χ1v) is 5.75. The van der Waals surface area contributed by atoms with Gasteiger partial charge in [0.15, 0.2) is 0 Å². The van der Waals surface area contributed by atoms with E-state index in [-0.39, 0.29) is 27.8 Å². The number of phenols is 2. The lowest BCUT2D eigenvalue weighted by Crippen LogP contribution is -2.31. The van der Waals surface area contributed by atoms with Gasteiger partial charge < -0.3 is 15.1 Å². The van der Waals surface area contributed by atoms with Crippen LogP contribution in [0.25, 0.3) is 0 Å². The Morgan fingerprint density at radius 2 is 2.12 bits per heavy atom. The lowest BCUT2D eigenvalue weighted by molar-refractivity contribution is 0.0794. The maximum atomic E-state index is 11.9. The van der Waals surface area contributed by atoms with Crippen molar-refractivity contribution in [2.45, 2.75) is 11.8 Å². The molecule has 0 fully saturated rings. The van der Waals surface area contributed by atoms with Crippen molar-refractivity contribution < 1.29 is 15.0 Å². The second kappa shape index (κ2) is 5.21. The van der Waals surface area contributed by atoms with E-state index in [0.717, 1.165) is 0 Å². The predicted octanol–water partition coefficient (Wildman–Crippen LogP) is 1.95. The van der Waals surface area contributed by atoms with Gasteiger partial charge in [-0.2, -0.15) is 0 Å². The van der Waals surface area contributed by atoms with Crippen molar-refractivity contribution in [3.63, 3.8) is 0 Å². The fraction of sp³-hybridized carbons (Fsp3) is 0.364. The molecular weight excluding hydrogens is 274 g/mol. The highest BCUT2D eigenvalue weighted by Crippen LogP contribution is 2.23. The fourth-order valence-corrected chi connectivity index (χ4v) is 1.80. The van der Waals surface area contributed by atoms with Crippen LogP contribution in [0.4, 0.5) is 0 Å². The number of alkyl halides is 1. The van der Waals surface area contributed by atoms with Crippen molar-refractivity contribution in [3.8, 4) is 11.5 Å². The first-order valence-electron chi connectivity index (χ1n) is 4.83. The Hall–Kier alpha value is -1.23. The molecule has 0 aliphatic rings. The van der Waals surface area contributed by atoms with Crippen molar-refractivity contribution in [2.24, 2.45) is 0 Å². The Labute approximate surface area is 103 Å². The first kappa shape index (κ1) is 12.8. The van der Waals surface area contributed by atoms with Gasteiger partial charge in [-0.3, -0.25) is 4.79 Å². The van der Waals surface area contributed by atoms with Crippen LogP contribution < -0.4 is 0 Å². The summed E-state index contributed by atoms with van der Waals surface area (Å²) >= 11 is 3.34. The van der Waals surface area contributed by atoms with E-state index < -0.39 is 0 Å². The first-order chi connectivity index (χ1) is 7.41. The third-order valence-corrected chi connectivity index (χ3v) is 2.37. The number of aromatic hydroxyl groups is 2. The Kier molecular flexibility index (Phi) is 4.18. The van der Waals surface area contributed by atoms with E-state index in [4.69, 9.17) is 0 Å². The molecule has 1 unspecified atom stereocenters. The zero-order valence-corrected chi connectivity index (χ0v) is 10.7. The molecule has 0 bridgehead atoms. The third kappa shape index (κ3) is 3.13. The number of carbonyl (C=O) groups excluding carboxylic acids is 1. The Morgan fingerprint density at radius 3 is 2.69 bits per heavy atom. The summed E-state index contributed by atoms with van der Waals surface area (Å²) in [5.74, 6) is -0.488. The average molecular weight is 288 g/mol. The molecule has 0 aliphatic carbocycles. The zero-order chi connectivity index (χ0) is 12.3. The minimum Gasteiger partial charge on any atom is -0.508 e. The summed E-state index contributed by atoms with van der Waals surface area (Å²) in [5.41, 5.74) is 0.107. The number of amides is 1. The standard InChI is InChI=1S/C11H14BrNO3/c1-7(12)6-13(2)11(16)9-5-8(14)3-4-10(9)15/h3-5,7,14-15H,6H2,1-2H3. The topological polar surface area (TPSA) is 60.8 Å². The van der Waals surface area contributed by atoms with Crippen molar-refractivity contribution in [1.29, 1.82) is 0 Å². The van der Waals surface area contributed by atoms with Crippen LogP contribution in [0.1, 0.15) is 17.3 Å². The van der Waals surface area contributed by atoms with Crippen molar-refractivity contribution in [3.05, 3.63) is 23.8 Å². The highest BCUT2D eigenvalue weighted by molar-refractivity contribution is 9.09. The number of rotatable bonds is 3. The lowest BCUT2D eigenvalue weighted by Gasteiger charge is -2.19. The summed E-state index contributed by atoms with van der Waals surface area (Å²) in [6, 6.07) is 3.89. The molecule has 0 radical (unpaired) electrons. The number of hydrogen-bond acceptors (Lipinski definition) is 3. The number of benzene rings is 1. The van der Waals surface area contributed by atoms with Crippen LogP contribution >= 0.6 is 15.9 Å². The van der Waals surface area contributed by atoms with Crippen LogP contribution in [0.2, 0.25) is 0 Å². The molecule has 1 atom stereocenters. The molecule has 0 spiro atoms. The molecule has 1 rings (SSSR count). The Bertz CT molecular complexity index is 393. The molecule has 0 saturated heterocycles. The van der Waals surface area contributed by atoms with E-state index >= 15 is 0 Å². The predicted molar refractivity (Wildman–Crippen MR) is 65.1 cm³/mol. The molecule has 1 aromatic rings. The van der Waals surface area contributed by atoms with Crippen LogP contribution in [-0.4, -0.2) is 39.4 Å². The van der Waals surface area contributed by atoms with Gasteiger partial charge in [0.05, 0.1) is 5.56 Å². The van der Waals surface area contributed by atoms with Gasteiger partial charge in [-0.15, -0.1) is 0 Å². The number of halogens is 1. The number of phenolic OH excluding ortho intramolecular Hbond substituents is 2. The summed E-state index contributed by atoms with van der Waals surface area (Å²) in [7, 11) is 1.64. The molecular formula is C11H14BrNO3. The van der Waals surface area contributed by atoms with E-state index in [0.29, 0.717) is 6.54 Å². The maximum absolute atomic E-state index is 11.9. The summed E-state index contributed by atoms with van der Waals surface area (Å²) < 4.78 is 0. The Balaban J connectivity index is 2.91. The van der Waals surface area contributed by atoms with Crippen molar-refractivity contribution in [2.75, 3.05) is 13.6 Å². The van der Waals surface area contributed by atoms with Gasteiger partial charge in [0.1, 0.15) is 11.5 Å². The van der Waals surface area contributed by atoms with Crippen LogP contribution in [0, 0.1) is 0 Å². The lowest BCUT2D eigenvalue weighted by atomic mass is 10.1. The van der Waals surface area contributed by atoms with E-state index in [1.165, 1.54) is 23.1 Å². The van der Waals surface area contributed by atoms with Gasteiger partial charge >= 0.3 is 0 Å². The van der Waals surface area contributed by atoms with Gasteiger partial charge in [-0.1, -0.05) is 22.9 Å². The number of hydrogen-bond donors (Lipinski definition) is 2. The van der Waals surface area contributed by atoms with Gasteiger partial charge in [0.2, 0.25) is 0 Å². The molecule has 0 saturated carbocycles. The smallest absolute Gasteiger partial charge is 0.257 e. The molecule has 16 heavy (non-hydrogen) atoms. The van der Waals surface area contributed by atoms with Crippen LogP contribution in [0.15, 0.2) is 18.2 Å². The van der Waals surface area contributed by atoms with Gasteiger partial charge in [0, 0.05) is 18.4 Å².